The van der Waals surface area contributed by atoms with E-state index in [1.54, 1.807) is 0 Å². The highest BCUT2D eigenvalue weighted by Crippen LogP contribution is 2.32. The summed E-state index contributed by atoms with van der Waals surface area (Å²) in [7, 11) is 0. The van der Waals surface area contributed by atoms with Crippen LogP contribution in [0.15, 0.2) is 47.6 Å². The first-order chi connectivity index (χ1) is 10.0. The van der Waals surface area contributed by atoms with E-state index < -0.39 is 0 Å². The van der Waals surface area contributed by atoms with Gasteiger partial charge in [0, 0.05) is 0 Å². The number of aryl methyl sites for hydroxylation is 1. The summed E-state index contributed by atoms with van der Waals surface area (Å²) in [4.78, 5) is 0. The average molecular weight is 284 g/mol. The molecule has 4 nitrogen and oxygen atoms in total. The Hall–Kier alpha value is -2.49. The molecule has 0 aromatic heterocycles. The smallest absolute Gasteiger partial charge is 0.173 e. The number of para-hydroxylation sites is 1. The lowest BCUT2D eigenvalue weighted by atomic mass is 10.0. The van der Waals surface area contributed by atoms with Crippen molar-refractivity contribution in [1.82, 2.24) is 0 Å². The van der Waals surface area contributed by atoms with Gasteiger partial charge in [0.25, 0.3) is 0 Å². The molecule has 2 rings (SSSR count). The summed E-state index contributed by atoms with van der Waals surface area (Å²) < 4.78 is 6.01. The lowest BCUT2D eigenvalue weighted by molar-refractivity contribution is 0.318. The van der Waals surface area contributed by atoms with Gasteiger partial charge in [0.05, 0.1) is 5.56 Å². The standard InChI is InChI=1S/C17H20N2O2/c1-11(2)13-6-4-5-7-15(13)21-16-9-8-12(3)10-14(16)17(18)19-20/h4-11,20H,1-3H3,(H2,18,19). The molecule has 21 heavy (non-hydrogen) atoms. The maximum Gasteiger partial charge on any atom is 0.173 e. The molecule has 4 heteroatoms. The molecule has 0 spiro atoms. The minimum absolute atomic E-state index is 0.0377. The van der Waals surface area contributed by atoms with Gasteiger partial charge in [-0.1, -0.05) is 48.8 Å². The van der Waals surface area contributed by atoms with Crippen molar-refractivity contribution in [2.45, 2.75) is 26.7 Å². The van der Waals surface area contributed by atoms with Gasteiger partial charge in [-0.05, 0) is 36.6 Å². The van der Waals surface area contributed by atoms with Crippen molar-refractivity contribution in [1.29, 1.82) is 0 Å². The molecule has 2 aromatic carbocycles. The summed E-state index contributed by atoms with van der Waals surface area (Å²) in [6.45, 7) is 6.17. The van der Waals surface area contributed by atoms with Crippen molar-refractivity contribution in [3.05, 3.63) is 59.2 Å². The van der Waals surface area contributed by atoms with Gasteiger partial charge >= 0.3 is 0 Å². The Morgan fingerprint density at radius 2 is 1.86 bits per heavy atom. The summed E-state index contributed by atoms with van der Waals surface area (Å²) in [6.07, 6.45) is 0. The third kappa shape index (κ3) is 3.34. The number of amidine groups is 1. The van der Waals surface area contributed by atoms with E-state index in [0.717, 1.165) is 16.9 Å². The largest absolute Gasteiger partial charge is 0.456 e. The second-order valence-electron chi connectivity index (χ2n) is 5.28. The van der Waals surface area contributed by atoms with Gasteiger partial charge in [-0.15, -0.1) is 0 Å². The van der Waals surface area contributed by atoms with E-state index in [1.807, 2.05) is 49.4 Å². The Morgan fingerprint density at radius 3 is 2.52 bits per heavy atom. The molecule has 0 aliphatic rings. The number of nitrogens with two attached hydrogens (primary N) is 1. The lowest BCUT2D eigenvalue weighted by Crippen LogP contribution is -2.14. The van der Waals surface area contributed by atoms with E-state index in [0.29, 0.717) is 17.2 Å². The topological polar surface area (TPSA) is 67.8 Å². The number of hydrogen-bond donors (Lipinski definition) is 2. The molecular formula is C17H20N2O2. The third-order valence-corrected chi connectivity index (χ3v) is 3.28. The van der Waals surface area contributed by atoms with Crippen LogP contribution in [0.4, 0.5) is 0 Å². The van der Waals surface area contributed by atoms with E-state index in [2.05, 4.69) is 19.0 Å². The van der Waals surface area contributed by atoms with Gasteiger partial charge in [0.1, 0.15) is 11.5 Å². The molecule has 0 saturated carbocycles. The number of benzene rings is 2. The maximum absolute atomic E-state index is 8.92. The Morgan fingerprint density at radius 1 is 1.14 bits per heavy atom. The zero-order valence-electron chi connectivity index (χ0n) is 12.5. The van der Waals surface area contributed by atoms with Crippen LogP contribution in [0.1, 0.15) is 36.5 Å². The van der Waals surface area contributed by atoms with Gasteiger partial charge in [0.15, 0.2) is 5.84 Å². The van der Waals surface area contributed by atoms with Crippen molar-refractivity contribution in [3.8, 4) is 11.5 Å². The fourth-order valence-corrected chi connectivity index (χ4v) is 2.16. The Kier molecular flexibility index (Phi) is 4.48. The van der Waals surface area contributed by atoms with Gasteiger partial charge in [-0.25, -0.2) is 0 Å². The summed E-state index contributed by atoms with van der Waals surface area (Å²) in [5.41, 5.74) is 8.44. The molecule has 0 fully saturated rings. The fraction of sp³-hybridized carbons (Fsp3) is 0.235. The van der Waals surface area contributed by atoms with Gasteiger partial charge < -0.3 is 15.7 Å². The zero-order valence-corrected chi connectivity index (χ0v) is 12.5. The van der Waals surface area contributed by atoms with Crippen LogP contribution < -0.4 is 10.5 Å². The highest BCUT2D eigenvalue weighted by molar-refractivity contribution is 5.99. The summed E-state index contributed by atoms with van der Waals surface area (Å²) >= 11 is 0. The second-order valence-corrected chi connectivity index (χ2v) is 5.28. The molecule has 0 heterocycles. The number of nitrogens with zero attached hydrogens (tertiary/aromatic N) is 1. The summed E-state index contributed by atoms with van der Waals surface area (Å²) in [5, 5.41) is 12.0. The predicted octanol–water partition coefficient (Wildman–Crippen LogP) is 4.01. The monoisotopic (exact) mass is 284 g/mol. The van der Waals surface area contributed by atoms with Crippen molar-refractivity contribution >= 4 is 5.84 Å². The molecule has 0 atom stereocenters. The molecule has 3 N–H and O–H groups in total. The minimum Gasteiger partial charge on any atom is -0.456 e. The van der Waals surface area contributed by atoms with Gasteiger partial charge in [0.2, 0.25) is 0 Å². The first kappa shape index (κ1) is 14.9. The summed E-state index contributed by atoms with van der Waals surface area (Å²) in [5.74, 6) is 1.74. The Bertz CT molecular complexity index is 664. The quantitative estimate of drug-likeness (QED) is 0.386. The molecule has 0 radical (unpaired) electrons. The van der Waals surface area contributed by atoms with Crippen LogP contribution >= 0.6 is 0 Å². The van der Waals surface area contributed by atoms with Crippen molar-refractivity contribution in [2.24, 2.45) is 10.9 Å². The van der Waals surface area contributed by atoms with Crippen molar-refractivity contribution in [2.75, 3.05) is 0 Å². The Balaban J connectivity index is 2.45. The van der Waals surface area contributed by atoms with Crippen molar-refractivity contribution < 1.29 is 9.94 Å². The number of ether oxygens (including phenoxy) is 1. The molecule has 0 amide bonds. The lowest BCUT2D eigenvalue weighted by Gasteiger charge is -2.16. The van der Waals surface area contributed by atoms with Crippen LogP contribution in [0, 0.1) is 6.92 Å². The van der Waals surface area contributed by atoms with E-state index in [4.69, 9.17) is 15.7 Å². The maximum atomic E-state index is 8.92. The SMILES string of the molecule is Cc1ccc(Oc2ccccc2C(C)C)c(/C(N)=N/O)c1. The fourth-order valence-electron chi connectivity index (χ4n) is 2.16. The van der Waals surface area contributed by atoms with Crippen LogP contribution in [-0.2, 0) is 0 Å². The number of hydrogen-bond acceptors (Lipinski definition) is 3. The molecule has 0 aliphatic heterocycles. The molecular weight excluding hydrogens is 264 g/mol. The highest BCUT2D eigenvalue weighted by atomic mass is 16.5. The highest BCUT2D eigenvalue weighted by Gasteiger charge is 2.13. The van der Waals surface area contributed by atoms with Crippen LogP contribution in [-0.4, -0.2) is 11.0 Å². The van der Waals surface area contributed by atoms with Crippen LogP contribution in [0.5, 0.6) is 11.5 Å². The molecule has 0 saturated heterocycles. The van der Waals surface area contributed by atoms with E-state index >= 15 is 0 Å². The molecule has 110 valence electrons. The van der Waals surface area contributed by atoms with Crippen LogP contribution in [0.3, 0.4) is 0 Å². The second kappa shape index (κ2) is 6.31. The summed E-state index contributed by atoms with van der Waals surface area (Å²) in [6, 6.07) is 13.5. The van der Waals surface area contributed by atoms with Crippen LogP contribution in [0.25, 0.3) is 0 Å². The first-order valence-electron chi connectivity index (χ1n) is 6.88. The third-order valence-electron chi connectivity index (χ3n) is 3.28. The van der Waals surface area contributed by atoms with Crippen molar-refractivity contribution in [3.63, 3.8) is 0 Å². The zero-order chi connectivity index (χ0) is 15.4. The van der Waals surface area contributed by atoms with Crippen LogP contribution in [0.2, 0.25) is 0 Å². The first-order valence-corrected chi connectivity index (χ1v) is 6.88. The predicted molar refractivity (Wildman–Crippen MR) is 84.3 cm³/mol. The molecule has 0 aliphatic carbocycles. The number of oxime groups is 1. The van der Waals surface area contributed by atoms with E-state index in [9.17, 15) is 0 Å². The normalized spacial score (nSPS) is 11.7. The van der Waals surface area contributed by atoms with E-state index in [1.165, 1.54) is 0 Å². The van der Waals surface area contributed by atoms with E-state index in [-0.39, 0.29) is 5.84 Å². The Labute approximate surface area is 124 Å². The molecule has 0 bridgehead atoms. The average Bonchev–Trinajstić information content (AvgIpc) is 2.48. The minimum atomic E-state index is 0.0377. The van der Waals surface area contributed by atoms with Gasteiger partial charge in [-0.2, -0.15) is 0 Å². The number of rotatable bonds is 4. The van der Waals surface area contributed by atoms with Gasteiger partial charge in [-0.3, -0.25) is 0 Å². The molecule has 2 aromatic rings. The molecule has 0 unspecified atom stereocenters.